The van der Waals surface area contributed by atoms with Crippen LogP contribution in [0.2, 0.25) is 0 Å². The van der Waals surface area contributed by atoms with E-state index in [1.165, 1.54) is 29.4 Å². The van der Waals surface area contributed by atoms with Gasteiger partial charge in [0.2, 0.25) is 0 Å². The summed E-state index contributed by atoms with van der Waals surface area (Å²) in [5.74, 6) is 0.00196. The van der Waals surface area contributed by atoms with E-state index < -0.39 is 0 Å². The molecular formula is C17H17NO2S. The van der Waals surface area contributed by atoms with Gasteiger partial charge in [-0.25, -0.2) is 0 Å². The minimum absolute atomic E-state index is 0.00537. The predicted molar refractivity (Wildman–Crippen MR) is 83.9 cm³/mol. The van der Waals surface area contributed by atoms with E-state index in [-0.39, 0.29) is 17.7 Å². The van der Waals surface area contributed by atoms with E-state index in [0.717, 1.165) is 12.8 Å². The number of ketones is 1. The van der Waals surface area contributed by atoms with E-state index in [4.69, 9.17) is 0 Å². The maximum atomic E-state index is 12.6. The third kappa shape index (κ3) is 2.51. The monoisotopic (exact) mass is 299 g/mol. The number of amides is 1. The normalized spacial score (nSPS) is 16.6. The second-order valence-electron chi connectivity index (χ2n) is 5.39. The Hall–Kier alpha value is -1.94. The maximum absolute atomic E-state index is 12.6. The lowest BCUT2D eigenvalue weighted by Crippen LogP contribution is -2.29. The van der Waals surface area contributed by atoms with E-state index in [1.54, 1.807) is 12.1 Å². The molecule has 0 N–H and O–H groups in total. The molecule has 1 amide bonds. The van der Waals surface area contributed by atoms with Gasteiger partial charge in [0.25, 0.3) is 5.91 Å². The Morgan fingerprint density at radius 2 is 1.86 bits per heavy atom. The number of Topliss-reactive ketones (excluding diaryl/α,β-unsaturated/α-hetero) is 1. The first-order valence-electron chi connectivity index (χ1n) is 7.03. The van der Waals surface area contributed by atoms with Crippen LogP contribution in [0.1, 0.15) is 49.9 Å². The zero-order valence-electron chi connectivity index (χ0n) is 12.1. The summed E-state index contributed by atoms with van der Waals surface area (Å²) < 4.78 is 0. The van der Waals surface area contributed by atoms with Gasteiger partial charge in [0.1, 0.15) is 0 Å². The first kappa shape index (κ1) is 14.0. The van der Waals surface area contributed by atoms with Crippen LogP contribution < -0.4 is 0 Å². The molecule has 3 rings (SSSR count). The van der Waals surface area contributed by atoms with Crippen molar-refractivity contribution in [1.29, 1.82) is 0 Å². The number of rotatable bonds is 3. The number of hydrogen-bond acceptors (Lipinski definition) is 3. The fourth-order valence-electron chi connectivity index (χ4n) is 2.89. The van der Waals surface area contributed by atoms with E-state index >= 15 is 0 Å². The molecule has 0 radical (unpaired) electrons. The summed E-state index contributed by atoms with van der Waals surface area (Å²) in [5, 5.41) is 0. The van der Waals surface area contributed by atoms with Crippen molar-refractivity contribution in [2.75, 3.05) is 7.05 Å². The second kappa shape index (κ2) is 5.45. The Morgan fingerprint density at radius 1 is 1.14 bits per heavy atom. The number of nitrogens with zero attached hydrogens (tertiary/aromatic N) is 1. The number of fused-ring (bicyclic) bond motifs is 1. The number of hydrogen-bond donors (Lipinski definition) is 0. The Balaban J connectivity index is 1.83. The Morgan fingerprint density at radius 3 is 2.57 bits per heavy atom. The van der Waals surface area contributed by atoms with Crippen LogP contribution in [0.15, 0.2) is 36.4 Å². The minimum Gasteiger partial charge on any atom is -0.334 e. The van der Waals surface area contributed by atoms with E-state index in [1.807, 2.05) is 24.1 Å². The lowest BCUT2D eigenvalue weighted by molar-refractivity contribution is 0.0735. The molecule has 1 aliphatic rings. The van der Waals surface area contributed by atoms with Gasteiger partial charge in [-0.15, -0.1) is 11.3 Å². The fraction of sp³-hybridized carbons (Fsp3) is 0.294. The van der Waals surface area contributed by atoms with Crippen molar-refractivity contribution in [3.63, 3.8) is 0 Å². The molecule has 0 aliphatic heterocycles. The highest BCUT2D eigenvalue weighted by atomic mass is 32.1. The molecule has 3 nitrogen and oxygen atoms in total. The quantitative estimate of drug-likeness (QED) is 0.810. The molecule has 0 spiro atoms. The Kier molecular flexibility index (Phi) is 3.64. The third-order valence-corrected chi connectivity index (χ3v) is 5.23. The highest BCUT2D eigenvalue weighted by Crippen LogP contribution is 2.35. The van der Waals surface area contributed by atoms with E-state index in [9.17, 15) is 9.59 Å². The SMILES string of the molecule is CC(=O)c1ccc(C(=O)N(C)C2CCc3ccccc32)s1. The second-order valence-corrected chi connectivity index (χ2v) is 6.47. The summed E-state index contributed by atoms with van der Waals surface area (Å²) in [6.45, 7) is 1.52. The number of carbonyl (C=O) groups excluding carboxylic acids is 2. The molecule has 1 heterocycles. The number of aryl methyl sites for hydroxylation is 1. The highest BCUT2D eigenvalue weighted by molar-refractivity contribution is 7.15. The summed E-state index contributed by atoms with van der Waals surface area (Å²) in [7, 11) is 1.85. The highest BCUT2D eigenvalue weighted by Gasteiger charge is 2.29. The molecule has 1 aromatic heterocycles. The maximum Gasteiger partial charge on any atom is 0.264 e. The van der Waals surface area contributed by atoms with Gasteiger partial charge < -0.3 is 4.90 Å². The van der Waals surface area contributed by atoms with Crippen LogP contribution in [0.4, 0.5) is 0 Å². The first-order valence-corrected chi connectivity index (χ1v) is 7.85. The molecule has 1 aromatic carbocycles. The number of thiophene rings is 1. The topological polar surface area (TPSA) is 37.4 Å². The molecule has 108 valence electrons. The van der Waals surface area contributed by atoms with E-state index in [0.29, 0.717) is 9.75 Å². The minimum atomic E-state index is -0.00537. The van der Waals surface area contributed by atoms with Crippen molar-refractivity contribution in [1.82, 2.24) is 4.90 Å². The van der Waals surface area contributed by atoms with Gasteiger partial charge in [-0.2, -0.15) is 0 Å². The summed E-state index contributed by atoms with van der Waals surface area (Å²) in [4.78, 5) is 27.0. The predicted octanol–water partition coefficient (Wildman–Crippen LogP) is 3.71. The Bertz CT molecular complexity index is 704. The van der Waals surface area contributed by atoms with Crippen LogP contribution in [-0.2, 0) is 6.42 Å². The van der Waals surface area contributed by atoms with Crippen molar-refractivity contribution in [3.05, 3.63) is 57.3 Å². The molecule has 2 aromatic rings. The largest absolute Gasteiger partial charge is 0.334 e. The van der Waals surface area contributed by atoms with Crippen LogP contribution in [-0.4, -0.2) is 23.6 Å². The fourth-order valence-corrected chi connectivity index (χ4v) is 3.78. The molecule has 1 aliphatic carbocycles. The number of carbonyl (C=O) groups is 2. The molecule has 0 fully saturated rings. The van der Waals surface area contributed by atoms with Gasteiger partial charge in [0.15, 0.2) is 5.78 Å². The van der Waals surface area contributed by atoms with Gasteiger partial charge in [-0.05, 0) is 43.0 Å². The van der Waals surface area contributed by atoms with Gasteiger partial charge in [0, 0.05) is 7.05 Å². The van der Waals surface area contributed by atoms with Crippen LogP contribution in [0.5, 0.6) is 0 Å². The van der Waals surface area contributed by atoms with E-state index in [2.05, 4.69) is 12.1 Å². The molecule has 4 heteroatoms. The zero-order chi connectivity index (χ0) is 15.0. The first-order chi connectivity index (χ1) is 10.1. The third-order valence-electron chi connectivity index (χ3n) is 4.05. The summed E-state index contributed by atoms with van der Waals surface area (Å²) in [6, 6.07) is 11.9. The lowest BCUT2D eigenvalue weighted by Gasteiger charge is -2.25. The van der Waals surface area contributed by atoms with Crippen LogP contribution >= 0.6 is 11.3 Å². The molecule has 21 heavy (non-hydrogen) atoms. The zero-order valence-corrected chi connectivity index (χ0v) is 12.9. The van der Waals surface area contributed by atoms with Crippen molar-refractivity contribution in [2.24, 2.45) is 0 Å². The van der Waals surface area contributed by atoms with Gasteiger partial charge in [-0.3, -0.25) is 9.59 Å². The van der Waals surface area contributed by atoms with Gasteiger partial charge >= 0.3 is 0 Å². The van der Waals surface area contributed by atoms with Crippen molar-refractivity contribution in [3.8, 4) is 0 Å². The lowest BCUT2D eigenvalue weighted by atomic mass is 10.1. The van der Waals surface area contributed by atoms with Crippen molar-refractivity contribution < 1.29 is 9.59 Å². The average molecular weight is 299 g/mol. The summed E-state index contributed by atoms with van der Waals surface area (Å²) >= 11 is 1.28. The van der Waals surface area contributed by atoms with Gasteiger partial charge in [0.05, 0.1) is 15.8 Å². The van der Waals surface area contributed by atoms with Gasteiger partial charge in [-0.1, -0.05) is 24.3 Å². The Labute approximate surface area is 128 Å². The van der Waals surface area contributed by atoms with Crippen LogP contribution in [0, 0.1) is 0 Å². The summed E-state index contributed by atoms with van der Waals surface area (Å²) in [6.07, 6.45) is 1.98. The molecule has 0 saturated heterocycles. The molecule has 0 saturated carbocycles. The van der Waals surface area contributed by atoms with Crippen molar-refractivity contribution >= 4 is 23.0 Å². The molecular weight excluding hydrogens is 282 g/mol. The molecule has 1 atom stereocenters. The number of benzene rings is 1. The standard InChI is InChI=1S/C17H17NO2S/c1-11(19)15-9-10-16(21-15)17(20)18(2)14-8-7-12-5-3-4-6-13(12)14/h3-6,9-10,14H,7-8H2,1-2H3. The molecule has 0 bridgehead atoms. The average Bonchev–Trinajstić information content (AvgIpc) is 3.12. The van der Waals surface area contributed by atoms with Crippen molar-refractivity contribution in [2.45, 2.75) is 25.8 Å². The summed E-state index contributed by atoms with van der Waals surface area (Å²) in [5.41, 5.74) is 2.58. The molecule has 1 unspecified atom stereocenters. The van der Waals surface area contributed by atoms with Crippen LogP contribution in [0.3, 0.4) is 0 Å². The smallest absolute Gasteiger partial charge is 0.264 e. The van der Waals surface area contributed by atoms with Crippen LogP contribution in [0.25, 0.3) is 0 Å².